The normalized spacial score (nSPS) is 20.5. The van der Waals surface area contributed by atoms with Gasteiger partial charge in [-0.2, -0.15) is 0 Å². The van der Waals surface area contributed by atoms with Crippen molar-refractivity contribution in [2.24, 2.45) is 4.99 Å². The van der Waals surface area contributed by atoms with E-state index in [2.05, 4.69) is 27.4 Å². The molecule has 27 heavy (non-hydrogen) atoms. The summed E-state index contributed by atoms with van der Waals surface area (Å²) < 4.78 is 13.0. The van der Waals surface area contributed by atoms with Gasteiger partial charge >= 0.3 is 0 Å². The van der Waals surface area contributed by atoms with Gasteiger partial charge < -0.3 is 15.7 Å². The number of benzene rings is 1. The van der Waals surface area contributed by atoms with Crippen LogP contribution < -0.4 is 10.6 Å². The summed E-state index contributed by atoms with van der Waals surface area (Å²) in [6, 6.07) is 7.17. The van der Waals surface area contributed by atoms with Gasteiger partial charge in [0.1, 0.15) is 5.82 Å². The van der Waals surface area contributed by atoms with Gasteiger partial charge in [-0.1, -0.05) is 12.1 Å². The number of nitrogens with one attached hydrogen (secondary N) is 2. The molecular weight excluding hydrogens is 458 g/mol. The van der Waals surface area contributed by atoms with Crippen molar-refractivity contribution in [3.8, 4) is 0 Å². The molecule has 0 bridgehead atoms. The van der Waals surface area contributed by atoms with E-state index in [1.54, 1.807) is 0 Å². The molecule has 152 valence electrons. The predicted molar refractivity (Wildman–Crippen MR) is 118 cm³/mol. The summed E-state index contributed by atoms with van der Waals surface area (Å²) in [6.07, 6.45) is 4.92. The lowest BCUT2D eigenvalue weighted by Gasteiger charge is -2.36. The lowest BCUT2D eigenvalue weighted by Crippen LogP contribution is -2.49. The van der Waals surface area contributed by atoms with Crippen molar-refractivity contribution in [3.63, 3.8) is 0 Å². The topological polar surface area (TPSA) is 59.9 Å². The fraction of sp³-hybridized carbons (Fsp3) is 0.650. The Bertz CT molecular complexity index is 599. The minimum Gasteiger partial charge on any atom is -0.388 e. The first kappa shape index (κ1) is 22.4. The first-order valence-corrected chi connectivity index (χ1v) is 9.80. The summed E-state index contributed by atoms with van der Waals surface area (Å²) in [5, 5.41) is 17.0. The minimum absolute atomic E-state index is 0. The summed E-state index contributed by atoms with van der Waals surface area (Å²) in [4.78, 5) is 7.00. The number of piperidine rings is 1. The second kappa shape index (κ2) is 10.6. The Morgan fingerprint density at radius 2 is 1.93 bits per heavy atom. The Kier molecular flexibility index (Phi) is 8.75. The molecule has 0 amide bonds. The largest absolute Gasteiger partial charge is 0.388 e. The molecular formula is C20H32FIN4O. The number of aliphatic imine (C=N–C) groups is 1. The molecule has 1 aliphatic heterocycles. The highest BCUT2D eigenvalue weighted by molar-refractivity contribution is 14.0. The molecule has 2 aliphatic rings. The van der Waals surface area contributed by atoms with Gasteiger partial charge in [0.2, 0.25) is 0 Å². The highest BCUT2D eigenvalue weighted by Gasteiger charge is 2.34. The molecule has 3 rings (SSSR count). The highest BCUT2D eigenvalue weighted by atomic mass is 127. The van der Waals surface area contributed by atoms with Gasteiger partial charge in [-0.05, 0) is 56.7 Å². The lowest BCUT2D eigenvalue weighted by atomic mass is 9.80. The molecule has 3 N–H and O–H groups in total. The Balaban J connectivity index is 0.00000261. The SMILES string of the molecule is CCNC(=NCC1(O)CCC1)NC1CCN(Cc2ccc(F)cc2)CC1.I. The number of hydrogen-bond acceptors (Lipinski definition) is 3. The molecule has 0 spiro atoms. The van der Waals surface area contributed by atoms with Crippen LogP contribution in [0.1, 0.15) is 44.6 Å². The molecule has 7 heteroatoms. The Morgan fingerprint density at radius 3 is 2.48 bits per heavy atom. The third kappa shape index (κ3) is 6.87. The van der Waals surface area contributed by atoms with E-state index in [-0.39, 0.29) is 29.8 Å². The van der Waals surface area contributed by atoms with Crippen LogP contribution in [-0.2, 0) is 6.54 Å². The number of halogens is 2. The van der Waals surface area contributed by atoms with Crippen molar-refractivity contribution < 1.29 is 9.50 Å². The van der Waals surface area contributed by atoms with Gasteiger partial charge in [-0.3, -0.25) is 9.89 Å². The van der Waals surface area contributed by atoms with E-state index in [0.717, 1.165) is 69.8 Å². The van der Waals surface area contributed by atoms with Gasteiger partial charge in [-0.15, -0.1) is 24.0 Å². The van der Waals surface area contributed by atoms with E-state index < -0.39 is 5.60 Å². The van der Waals surface area contributed by atoms with Gasteiger partial charge in [0.25, 0.3) is 0 Å². The molecule has 0 unspecified atom stereocenters. The Labute approximate surface area is 178 Å². The fourth-order valence-corrected chi connectivity index (χ4v) is 3.57. The maximum atomic E-state index is 13.0. The molecule has 1 aromatic rings. The minimum atomic E-state index is -0.582. The highest BCUT2D eigenvalue weighted by Crippen LogP contribution is 2.31. The smallest absolute Gasteiger partial charge is 0.191 e. The first-order valence-electron chi connectivity index (χ1n) is 9.80. The zero-order chi connectivity index (χ0) is 18.4. The number of guanidine groups is 1. The molecule has 1 saturated carbocycles. The molecule has 0 radical (unpaired) electrons. The fourth-order valence-electron chi connectivity index (χ4n) is 3.57. The molecule has 1 aromatic carbocycles. The van der Waals surface area contributed by atoms with Crippen LogP contribution in [0.3, 0.4) is 0 Å². The summed E-state index contributed by atoms with van der Waals surface area (Å²) in [5.41, 5.74) is 0.572. The predicted octanol–water partition coefficient (Wildman–Crippen LogP) is 2.88. The van der Waals surface area contributed by atoms with Crippen molar-refractivity contribution in [1.29, 1.82) is 0 Å². The molecule has 1 saturated heterocycles. The first-order chi connectivity index (χ1) is 12.6. The van der Waals surface area contributed by atoms with Crippen molar-refractivity contribution in [3.05, 3.63) is 35.6 Å². The summed E-state index contributed by atoms with van der Waals surface area (Å²) in [5.74, 6) is 0.628. The van der Waals surface area contributed by atoms with Crippen molar-refractivity contribution >= 4 is 29.9 Å². The van der Waals surface area contributed by atoms with E-state index >= 15 is 0 Å². The van der Waals surface area contributed by atoms with Gasteiger partial charge in [0.15, 0.2) is 5.96 Å². The molecule has 2 fully saturated rings. The summed E-state index contributed by atoms with van der Waals surface area (Å²) in [6.45, 7) is 6.24. The molecule has 5 nitrogen and oxygen atoms in total. The molecule has 0 aromatic heterocycles. The molecule has 1 heterocycles. The van der Waals surface area contributed by atoms with Crippen LogP contribution in [0.5, 0.6) is 0 Å². The molecule has 0 atom stereocenters. The van der Waals surface area contributed by atoms with Crippen LogP contribution in [0, 0.1) is 5.82 Å². The summed E-state index contributed by atoms with van der Waals surface area (Å²) >= 11 is 0. The van der Waals surface area contributed by atoms with Gasteiger partial charge in [0.05, 0.1) is 12.1 Å². The number of nitrogens with zero attached hydrogens (tertiary/aromatic N) is 2. The number of likely N-dealkylation sites (tertiary alicyclic amines) is 1. The molecule has 1 aliphatic carbocycles. The zero-order valence-corrected chi connectivity index (χ0v) is 18.4. The third-order valence-electron chi connectivity index (χ3n) is 5.41. The van der Waals surface area contributed by atoms with Crippen LogP contribution in [-0.4, -0.2) is 53.8 Å². The second-order valence-corrected chi connectivity index (χ2v) is 7.59. The van der Waals surface area contributed by atoms with E-state index in [9.17, 15) is 9.50 Å². The van der Waals surface area contributed by atoms with Crippen molar-refractivity contribution in [2.75, 3.05) is 26.2 Å². The second-order valence-electron chi connectivity index (χ2n) is 7.59. The van der Waals surface area contributed by atoms with Crippen LogP contribution in [0.25, 0.3) is 0 Å². The average molecular weight is 490 g/mol. The number of aliphatic hydroxyl groups is 1. The lowest BCUT2D eigenvalue weighted by molar-refractivity contribution is -0.0236. The van der Waals surface area contributed by atoms with E-state index in [4.69, 9.17) is 0 Å². The van der Waals surface area contributed by atoms with Crippen LogP contribution >= 0.6 is 24.0 Å². The van der Waals surface area contributed by atoms with E-state index in [0.29, 0.717) is 12.6 Å². The number of hydrogen-bond donors (Lipinski definition) is 3. The van der Waals surface area contributed by atoms with E-state index in [1.165, 1.54) is 12.1 Å². The van der Waals surface area contributed by atoms with Crippen molar-refractivity contribution in [1.82, 2.24) is 15.5 Å². The quantitative estimate of drug-likeness (QED) is 0.326. The summed E-state index contributed by atoms with van der Waals surface area (Å²) in [7, 11) is 0. The maximum Gasteiger partial charge on any atom is 0.191 e. The van der Waals surface area contributed by atoms with Crippen LogP contribution in [0.15, 0.2) is 29.3 Å². The van der Waals surface area contributed by atoms with E-state index in [1.807, 2.05) is 12.1 Å². The van der Waals surface area contributed by atoms with Crippen LogP contribution in [0.4, 0.5) is 4.39 Å². The number of rotatable bonds is 6. The Morgan fingerprint density at radius 1 is 1.26 bits per heavy atom. The zero-order valence-electron chi connectivity index (χ0n) is 16.1. The van der Waals surface area contributed by atoms with Crippen LogP contribution in [0.2, 0.25) is 0 Å². The van der Waals surface area contributed by atoms with Crippen molar-refractivity contribution in [2.45, 2.75) is 57.2 Å². The monoisotopic (exact) mass is 490 g/mol. The average Bonchev–Trinajstić information content (AvgIpc) is 2.62. The third-order valence-corrected chi connectivity index (χ3v) is 5.41. The van der Waals surface area contributed by atoms with Gasteiger partial charge in [-0.25, -0.2) is 4.39 Å². The maximum absolute atomic E-state index is 13.0. The van der Waals surface area contributed by atoms with Gasteiger partial charge in [0, 0.05) is 32.2 Å². The standard InChI is InChI=1S/C20H31FN4O.HI/c1-2-22-19(23-15-20(26)10-3-11-20)24-18-8-12-25(13-9-18)14-16-4-6-17(21)7-5-16;/h4-7,18,26H,2-3,8-15H2,1H3,(H2,22,23,24);1H. The Hall–Kier alpha value is -0.930.